The molecule has 1 saturated heterocycles. The largest absolute Gasteiger partial charge is 0.444 e. The van der Waals surface area contributed by atoms with E-state index in [-0.39, 0.29) is 6.09 Å². The van der Waals surface area contributed by atoms with Gasteiger partial charge in [0, 0.05) is 36.8 Å². The van der Waals surface area contributed by atoms with Crippen molar-refractivity contribution < 1.29 is 9.53 Å². The second-order valence-corrected chi connectivity index (χ2v) is 6.91. The summed E-state index contributed by atoms with van der Waals surface area (Å²) in [6.45, 7) is 7.18. The normalized spacial score (nSPS) is 19.4. The summed E-state index contributed by atoms with van der Waals surface area (Å²) in [4.78, 5) is 21.7. The number of hydrogen-bond acceptors (Lipinski definition) is 3. The molecule has 3 heterocycles. The van der Waals surface area contributed by atoms with Crippen LogP contribution in [0, 0.1) is 0 Å². The van der Waals surface area contributed by atoms with E-state index in [2.05, 4.69) is 16.0 Å². The molecule has 2 aromatic heterocycles. The molecule has 1 unspecified atom stereocenters. The predicted molar refractivity (Wildman–Crippen MR) is 85.9 cm³/mol. The van der Waals surface area contributed by atoms with Crippen molar-refractivity contribution in [2.24, 2.45) is 0 Å². The van der Waals surface area contributed by atoms with Crippen LogP contribution < -0.4 is 0 Å². The van der Waals surface area contributed by atoms with E-state index in [1.165, 1.54) is 5.56 Å². The van der Waals surface area contributed by atoms with Crippen LogP contribution in [0.1, 0.15) is 45.1 Å². The van der Waals surface area contributed by atoms with Gasteiger partial charge in [0.2, 0.25) is 0 Å². The third-order valence-electron chi connectivity index (χ3n) is 4.00. The zero-order valence-electron chi connectivity index (χ0n) is 13.4. The molecule has 5 nitrogen and oxygen atoms in total. The molecule has 1 atom stereocenters. The zero-order valence-corrected chi connectivity index (χ0v) is 13.4. The molecule has 0 saturated carbocycles. The first-order valence-corrected chi connectivity index (χ1v) is 7.84. The number of carbonyl (C=O) groups excluding carboxylic acids is 1. The van der Waals surface area contributed by atoms with Crippen molar-refractivity contribution in [1.82, 2.24) is 14.9 Å². The topological polar surface area (TPSA) is 58.2 Å². The van der Waals surface area contributed by atoms with Crippen LogP contribution in [0.25, 0.3) is 11.0 Å². The van der Waals surface area contributed by atoms with E-state index < -0.39 is 5.60 Å². The molecule has 118 valence electrons. The summed E-state index contributed by atoms with van der Waals surface area (Å²) in [6, 6.07) is 4.04. The Morgan fingerprint density at radius 3 is 3.05 bits per heavy atom. The number of fused-ring (bicyclic) bond motifs is 1. The van der Waals surface area contributed by atoms with Crippen LogP contribution in [0.3, 0.4) is 0 Å². The second-order valence-electron chi connectivity index (χ2n) is 6.91. The van der Waals surface area contributed by atoms with Crippen molar-refractivity contribution in [2.75, 3.05) is 13.1 Å². The standard InChI is InChI=1S/C17H23N3O2/c1-17(2,3)22-16(21)20-9-5-6-12(11-20)14-10-19-15-13(14)7-4-8-18-15/h4,7-8,10,12H,5-6,9,11H2,1-3H3,(H,18,19). The van der Waals surface area contributed by atoms with Crippen molar-refractivity contribution in [2.45, 2.75) is 45.1 Å². The average molecular weight is 301 g/mol. The number of ether oxygens (including phenoxy) is 1. The SMILES string of the molecule is CC(C)(C)OC(=O)N1CCCC(c2c[nH]c3ncccc23)C1. The Morgan fingerprint density at radius 1 is 1.45 bits per heavy atom. The van der Waals surface area contributed by atoms with Gasteiger partial charge in [0.15, 0.2) is 0 Å². The second kappa shape index (κ2) is 5.63. The quantitative estimate of drug-likeness (QED) is 0.874. The molecule has 2 aromatic rings. The minimum absolute atomic E-state index is 0.213. The summed E-state index contributed by atoms with van der Waals surface area (Å²) >= 11 is 0. The fourth-order valence-electron chi connectivity index (χ4n) is 3.04. The summed E-state index contributed by atoms with van der Waals surface area (Å²) < 4.78 is 5.50. The van der Waals surface area contributed by atoms with Gasteiger partial charge in [-0.2, -0.15) is 0 Å². The molecule has 1 fully saturated rings. The molecule has 1 aliphatic rings. The van der Waals surface area contributed by atoms with Gasteiger partial charge in [-0.25, -0.2) is 9.78 Å². The zero-order chi connectivity index (χ0) is 15.7. The lowest BCUT2D eigenvalue weighted by atomic mass is 9.91. The van der Waals surface area contributed by atoms with Crippen LogP contribution in [0.5, 0.6) is 0 Å². The van der Waals surface area contributed by atoms with Crippen LogP contribution in [0.4, 0.5) is 4.79 Å². The summed E-state index contributed by atoms with van der Waals surface area (Å²) in [5.41, 5.74) is 1.71. The Morgan fingerprint density at radius 2 is 2.27 bits per heavy atom. The lowest BCUT2D eigenvalue weighted by molar-refractivity contribution is 0.0198. The molecule has 0 aliphatic carbocycles. The highest BCUT2D eigenvalue weighted by atomic mass is 16.6. The first kappa shape index (κ1) is 14.9. The highest BCUT2D eigenvalue weighted by molar-refractivity contribution is 5.80. The number of hydrogen-bond donors (Lipinski definition) is 1. The highest BCUT2D eigenvalue weighted by Gasteiger charge is 2.29. The number of piperidine rings is 1. The van der Waals surface area contributed by atoms with Gasteiger partial charge in [0.25, 0.3) is 0 Å². The first-order chi connectivity index (χ1) is 10.4. The van der Waals surface area contributed by atoms with Gasteiger partial charge in [-0.3, -0.25) is 0 Å². The summed E-state index contributed by atoms with van der Waals surface area (Å²) in [7, 11) is 0. The lowest BCUT2D eigenvalue weighted by Gasteiger charge is -2.34. The molecule has 0 bridgehead atoms. The minimum Gasteiger partial charge on any atom is -0.444 e. The Labute approximate surface area is 130 Å². The van der Waals surface area contributed by atoms with Crippen LogP contribution >= 0.6 is 0 Å². The number of aromatic nitrogens is 2. The van der Waals surface area contributed by atoms with Gasteiger partial charge in [-0.1, -0.05) is 0 Å². The van der Waals surface area contributed by atoms with Crippen LogP contribution in [-0.4, -0.2) is 39.7 Å². The summed E-state index contributed by atoms with van der Waals surface area (Å²) in [6.07, 6.45) is 5.69. The van der Waals surface area contributed by atoms with E-state index in [4.69, 9.17) is 4.74 Å². The average Bonchev–Trinajstić information content (AvgIpc) is 2.89. The maximum absolute atomic E-state index is 12.3. The third-order valence-corrected chi connectivity index (χ3v) is 4.00. The molecule has 5 heteroatoms. The molecule has 0 aromatic carbocycles. The van der Waals surface area contributed by atoms with E-state index in [0.717, 1.165) is 30.4 Å². The number of aromatic amines is 1. The number of nitrogens with zero attached hydrogens (tertiary/aromatic N) is 2. The van der Waals surface area contributed by atoms with Gasteiger partial charge in [0.1, 0.15) is 11.2 Å². The molecular formula is C17H23N3O2. The minimum atomic E-state index is -0.450. The Hall–Kier alpha value is -2.04. The molecule has 1 N–H and O–H groups in total. The lowest BCUT2D eigenvalue weighted by Crippen LogP contribution is -2.42. The molecule has 1 amide bonds. The number of carbonyl (C=O) groups is 1. The monoisotopic (exact) mass is 301 g/mol. The van der Waals surface area contributed by atoms with E-state index in [1.54, 1.807) is 6.20 Å². The van der Waals surface area contributed by atoms with E-state index in [9.17, 15) is 4.79 Å². The number of H-pyrrole nitrogens is 1. The van der Waals surface area contributed by atoms with Gasteiger partial charge in [0.05, 0.1) is 0 Å². The Bertz CT molecular complexity index is 672. The first-order valence-electron chi connectivity index (χ1n) is 7.84. The Balaban J connectivity index is 1.77. The fraction of sp³-hybridized carbons (Fsp3) is 0.529. The Kier molecular flexibility index (Phi) is 3.81. The van der Waals surface area contributed by atoms with Crippen LogP contribution in [0.2, 0.25) is 0 Å². The highest BCUT2D eigenvalue weighted by Crippen LogP contribution is 2.32. The molecular weight excluding hydrogens is 278 g/mol. The fourth-order valence-corrected chi connectivity index (χ4v) is 3.04. The van der Waals surface area contributed by atoms with E-state index >= 15 is 0 Å². The molecule has 0 radical (unpaired) electrons. The van der Waals surface area contributed by atoms with Gasteiger partial charge in [-0.15, -0.1) is 0 Å². The van der Waals surface area contributed by atoms with Crippen LogP contribution in [-0.2, 0) is 4.74 Å². The van der Waals surface area contributed by atoms with Crippen molar-refractivity contribution in [3.63, 3.8) is 0 Å². The maximum atomic E-state index is 12.3. The van der Waals surface area contributed by atoms with Crippen molar-refractivity contribution in [1.29, 1.82) is 0 Å². The summed E-state index contributed by atoms with van der Waals surface area (Å²) in [5, 5.41) is 1.15. The van der Waals surface area contributed by atoms with Gasteiger partial charge < -0.3 is 14.6 Å². The van der Waals surface area contributed by atoms with Crippen molar-refractivity contribution >= 4 is 17.1 Å². The van der Waals surface area contributed by atoms with Crippen molar-refractivity contribution in [3.05, 3.63) is 30.1 Å². The predicted octanol–water partition coefficient (Wildman–Crippen LogP) is 3.68. The maximum Gasteiger partial charge on any atom is 0.410 e. The molecule has 22 heavy (non-hydrogen) atoms. The number of amides is 1. The number of rotatable bonds is 1. The molecule has 3 rings (SSSR count). The number of pyridine rings is 1. The number of likely N-dealkylation sites (tertiary alicyclic amines) is 1. The van der Waals surface area contributed by atoms with E-state index in [0.29, 0.717) is 12.5 Å². The van der Waals surface area contributed by atoms with Crippen LogP contribution in [0.15, 0.2) is 24.5 Å². The van der Waals surface area contributed by atoms with Gasteiger partial charge >= 0.3 is 6.09 Å². The molecule has 1 aliphatic heterocycles. The number of nitrogens with one attached hydrogen (secondary N) is 1. The van der Waals surface area contributed by atoms with Crippen molar-refractivity contribution in [3.8, 4) is 0 Å². The van der Waals surface area contributed by atoms with Gasteiger partial charge in [-0.05, 0) is 51.3 Å². The molecule has 0 spiro atoms. The summed E-state index contributed by atoms with van der Waals surface area (Å²) in [5.74, 6) is 0.333. The smallest absolute Gasteiger partial charge is 0.410 e. The third kappa shape index (κ3) is 3.08. The van der Waals surface area contributed by atoms with E-state index in [1.807, 2.05) is 37.9 Å².